The summed E-state index contributed by atoms with van der Waals surface area (Å²) in [6.45, 7) is -0.00987. The van der Waals surface area contributed by atoms with Crippen molar-refractivity contribution in [3.05, 3.63) is 94.7 Å². The normalized spacial score (nSPS) is 11.5. The summed E-state index contributed by atoms with van der Waals surface area (Å²) in [7, 11) is -3.84. The summed E-state index contributed by atoms with van der Waals surface area (Å²) in [5, 5.41) is 3.13. The van der Waals surface area contributed by atoms with Crippen LogP contribution in [0.2, 0.25) is 0 Å². The van der Waals surface area contributed by atoms with Crippen LogP contribution in [-0.4, -0.2) is 14.3 Å². The second-order valence-electron chi connectivity index (χ2n) is 6.37. The molecule has 0 radical (unpaired) electrons. The van der Waals surface area contributed by atoms with E-state index in [1.165, 1.54) is 36.6 Å². The smallest absolute Gasteiger partial charge is 0.349 e. The van der Waals surface area contributed by atoms with E-state index in [4.69, 9.17) is 8.83 Å². The van der Waals surface area contributed by atoms with Crippen LogP contribution >= 0.6 is 0 Å². The molecule has 152 valence electrons. The molecule has 0 aliphatic carbocycles. The number of rotatable bonds is 6. The Balaban J connectivity index is 1.55. The maximum Gasteiger partial charge on any atom is 0.349 e. The molecule has 0 aliphatic heterocycles. The molecular weight excluding hydrogens is 408 g/mol. The van der Waals surface area contributed by atoms with E-state index < -0.39 is 21.6 Å². The van der Waals surface area contributed by atoms with Crippen molar-refractivity contribution in [3.8, 4) is 0 Å². The van der Waals surface area contributed by atoms with Gasteiger partial charge in [-0.05, 0) is 42.5 Å². The number of benzene rings is 2. The molecule has 2 aromatic heterocycles. The minimum absolute atomic E-state index is 0.00987. The fourth-order valence-corrected chi connectivity index (χ4v) is 3.86. The quantitative estimate of drug-likeness (QED) is 0.459. The summed E-state index contributed by atoms with van der Waals surface area (Å²) in [5.74, 6) is -0.237. The largest absolute Gasteiger partial charge is 0.468 e. The molecule has 1 amide bonds. The number of hydrogen-bond acceptors (Lipinski definition) is 6. The molecule has 30 heavy (non-hydrogen) atoms. The van der Waals surface area contributed by atoms with E-state index >= 15 is 0 Å². The second kappa shape index (κ2) is 7.97. The van der Waals surface area contributed by atoms with Crippen molar-refractivity contribution in [2.75, 3.05) is 5.32 Å². The number of hydrogen-bond donors (Lipinski definition) is 2. The van der Waals surface area contributed by atoms with Gasteiger partial charge in [0.05, 0.1) is 17.7 Å². The summed E-state index contributed by atoms with van der Waals surface area (Å²) < 4.78 is 37.7. The Morgan fingerprint density at radius 2 is 1.80 bits per heavy atom. The zero-order valence-electron chi connectivity index (χ0n) is 15.5. The van der Waals surface area contributed by atoms with Gasteiger partial charge in [0.1, 0.15) is 16.9 Å². The molecular formula is C21H16N2O6S. The van der Waals surface area contributed by atoms with E-state index in [-0.39, 0.29) is 22.7 Å². The maximum absolute atomic E-state index is 12.6. The highest BCUT2D eigenvalue weighted by Gasteiger charge is 2.17. The van der Waals surface area contributed by atoms with Gasteiger partial charge in [-0.15, -0.1) is 0 Å². The zero-order chi connectivity index (χ0) is 21.1. The van der Waals surface area contributed by atoms with E-state index in [2.05, 4.69) is 10.0 Å². The van der Waals surface area contributed by atoms with Crippen molar-refractivity contribution < 1.29 is 22.0 Å². The van der Waals surface area contributed by atoms with Crippen molar-refractivity contribution in [3.63, 3.8) is 0 Å². The van der Waals surface area contributed by atoms with Crippen LogP contribution in [0.1, 0.15) is 16.1 Å². The number of nitrogens with one attached hydrogen (secondary N) is 2. The molecule has 0 atom stereocenters. The van der Waals surface area contributed by atoms with Gasteiger partial charge in [0.25, 0.3) is 5.91 Å². The van der Waals surface area contributed by atoms with Crippen LogP contribution < -0.4 is 15.7 Å². The number of sulfonamides is 1. The van der Waals surface area contributed by atoms with Gasteiger partial charge in [0.15, 0.2) is 0 Å². The Hall–Kier alpha value is -3.69. The SMILES string of the molecule is O=C(Nc1cccc(S(=O)(=O)NCc2ccco2)c1)c1cc2ccccc2oc1=O. The first-order chi connectivity index (χ1) is 14.4. The van der Waals surface area contributed by atoms with E-state index in [9.17, 15) is 18.0 Å². The minimum Gasteiger partial charge on any atom is -0.468 e. The number of carbonyl (C=O) groups excluding carboxylic acids is 1. The van der Waals surface area contributed by atoms with Crippen molar-refractivity contribution in [1.29, 1.82) is 0 Å². The van der Waals surface area contributed by atoms with Crippen LogP contribution in [-0.2, 0) is 16.6 Å². The second-order valence-corrected chi connectivity index (χ2v) is 8.14. The van der Waals surface area contributed by atoms with E-state index in [1.807, 2.05) is 0 Å². The fourth-order valence-electron chi connectivity index (χ4n) is 2.82. The van der Waals surface area contributed by atoms with Crippen molar-refractivity contribution in [1.82, 2.24) is 4.72 Å². The Kier molecular flexibility index (Phi) is 5.21. The molecule has 0 saturated heterocycles. The Morgan fingerprint density at radius 3 is 2.60 bits per heavy atom. The fraction of sp³-hybridized carbons (Fsp3) is 0.0476. The lowest BCUT2D eigenvalue weighted by molar-refractivity contribution is 0.102. The number of amides is 1. The molecule has 0 spiro atoms. The minimum atomic E-state index is -3.84. The number of anilines is 1. The van der Waals surface area contributed by atoms with Gasteiger partial charge in [-0.1, -0.05) is 24.3 Å². The summed E-state index contributed by atoms with van der Waals surface area (Å²) in [6.07, 6.45) is 1.45. The zero-order valence-corrected chi connectivity index (χ0v) is 16.3. The highest BCUT2D eigenvalue weighted by atomic mass is 32.2. The summed E-state index contributed by atoms with van der Waals surface area (Å²) in [5.41, 5.74) is -0.379. The molecule has 0 bridgehead atoms. The summed E-state index contributed by atoms with van der Waals surface area (Å²) in [6, 6.07) is 17.3. The van der Waals surface area contributed by atoms with Gasteiger partial charge in [-0.25, -0.2) is 17.9 Å². The average molecular weight is 424 g/mol. The lowest BCUT2D eigenvalue weighted by Gasteiger charge is -2.09. The molecule has 4 aromatic rings. The summed E-state index contributed by atoms with van der Waals surface area (Å²) >= 11 is 0. The lowest BCUT2D eigenvalue weighted by atomic mass is 10.1. The van der Waals surface area contributed by atoms with Gasteiger partial charge in [-0.3, -0.25) is 4.79 Å². The molecule has 2 N–H and O–H groups in total. The lowest BCUT2D eigenvalue weighted by Crippen LogP contribution is -2.23. The molecule has 2 aromatic carbocycles. The first-order valence-electron chi connectivity index (χ1n) is 8.89. The van der Waals surface area contributed by atoms with Crippen molar-refractivity contribution in [2.24, 2.45) is 0 Å². The first-order valence-corrected chi connectivity index (χ1v) is 10.4. The van der Waals surface area contributed by atoms with Gasteiger partial charge in [-0.2, -0.15) is 0 Å². The monoisotopic (exact) mass is 424 g/mol. The number of para-hydroxylation sites is 1. The molecule has 8 nitrogen and oxygen atoms in total. The first kappa shape index (κ1) is 19.6. The topological polar surface area (TPSA) is 119 Å². The Labute approximate surface area is 171 Å². The van der Waals surface area contributed by atoms with E-state index in [1.54, 1.807) is 36.4 Å². The van der Waals surface area contributed by atoms with Crippen LogP contribution in [0.25, 0.3) is 11.0 Å². The van der Waals surface area contributed by atoms with Gasteiger partial charge in [0.2, 0.25) is 10.0 Å². The van der Waals surface area contributed by atoms with Crippen LogP contribution in [0.3, 0.4) is 0 Å². The third-order valence-corrected chi connectivity index (χ3v) is 5.70. The molecule has 0 fully saturated rings. The molecule has 0 saturated carbocycles. The van der Waals surface area contributed by atoms with E-state index in [0.717, 1.165) is 0 Å². The van der Waals surface area contributed by atoms with E-state index in [0.29, 0.717) is 16.7 Å². The van der Waals surface area contributed by atoms with Crippen LogP contribution in [0.15, 0.2) is 91.5 Å². The molecule has 9 heteroatoms. The van der Waals surface area contributed by atoms with Crippen LogP contribution in [0, 0.1) is 0 Å². The van der Waals surface area contributed by atoms with Gasteiger partial charge in [0, 0.05) is 11.1 Å². The van der Waals surface area contributed by atoms with Gasteiger partial charge >= 0.3 is 5.63 Å². The highest BCUT2D eigenvalue weighted by Crippen LogP contribution is 2.18. The maximum atomic E-state index is 12.6. The number of furan rings is 1. The standard InChI is InChI=1S/C21H16N2O6S/c24-20(18-11-14-5-1-2-9-19(14)29-21(18)25)23-15-6-3-8-17(12-15)30(26,27)22-13-16-7-4-10-28-16/h1-12,22H,13H2,(H,23,24). The highest BCUT2D eigenvalue weighted by molar-refractivity contribution is 7.89. The molecule has 0 aliphatic rings. The third kappa shape index (κ3) is 4.17. The van der Waals surface area contributed by atoms with Crippen molar-refractivity contribution >= 4 is 32.6 Å². The van der Waals surface area contributed by atoms with Crippen molar-refractivity contribution in [2.45, 2.75) is 11.4 Å². The Morgan fingerprint density at radius 1 is 0.967 bits per heavy atom. The predicted octanol–water partition coefficient (Wildman–Crippen LogP) is 3.12. The molecule has 4 rings (SSSR count). The predicted molar refractivity (Wildman–Crippen MR) is 110 cm³/mol. The number of fused-ring (bicyclic) bond motifs is 1. The summed E-state index contributed by atoms with van der Waals surface area (Å²) in [4.78, 5) is 24.7. The average Bonchev–Trinajstić information content (AvgIpc) is 3.26. The Bertz CT molecular complexity index is 1370. The molecule has 0 unspecified atom stereocenters. The third-order valence-electron chi connectivity index (χ3n) is 4.30. The molecule has 2 heterocycles. The number of carbonyl (C=O) groups is 1. The van der Waals surface area contributed by atoms with Crippen LogP contribution in [0.4, 0.5) is 5.69 Å². The van der Waals surface area contributed by atoms with Crippen LogP contribution in [0.5, 0.6) is 0 Å². The van der Waals surface area contributed by atoms with Gasteiger partial charge < -0.3 is 14.2 Å².